The Morgan fingerprint density at radius 3 is 2.12 bits per heavy atom. The highest BCUT2D eigenvalue weighted by molar-refractivity contribution is 7.07. The molecule has 0 spiro atoms. The number of fused-ring (bicyclic) bond motifs is 3. The number of nitrogens with zero attached hydrogens (tertiary/aromatic N) is 4. The molecule has 2 aliphatic rings. The van der Waals surface area contributed by atoms with Crippen molar-refractivity contribution in [3.8, 4) is 28.2 Å². The molecule has 0 saturated carbocycles. The first-order chi connectivity index (χ1) is 25.0. The molecule has 51 heavy (non-hydrogen) atoms. The van der Waals surface area contributed by atoms with E-state index in [1.54, 1.807) is 12.1 Å². The number of hydrogen-bond acceptors (Lipinski definition) is 5. The molecule has 0 N–H and O–H groups in total. The fraction of sp³-hybridized carbons (Fsp3) is 0.0698. The van der Waals surface area contributed by atoms with Crippen LogP contribution in [0.5, 0.6) is 0 Å². The molecule has 1 aliphatic carbocycles. The van der Waals surface area contributed by atoms with Crippen molar-refractivity contribution in [2.45, 2.75) is 18.9 Å². The largest absolute Gasteiger partial charge is 0.309 e. The average molecular weight is 683 g/mol. The van der Waals surface area contributed by atoms with Gasteiger partial charge in [-0.3, -0.25) is 19.5 Å². The molecule has 8 heteroatoms. The summed E-state index contributed by atoms with van der Waals surface area (Å²) in [5, 5.41) is 11.6. The van der Waals surface area contributed by atoms with Gasteiger partial charge in [-0.15, -0.1) is 0 Å². The molecule has 1 aliphatic heterocycles. The van der Waals surface area contributed by atoms with Crippen LogP contribution in [0.4, 0.5) is 5.69 Å². The van der Waals surface area contributed by atoms with E-state index >= 15 is 0 Å². The molecule has 9 rings (SSSR count). The second-order valence-electron chi connectivity index (χ2n) is 12.7. The van der Waals surface area contributed by atoms with E-state index in [4.69, 9.17) is 4.99 Å². The summed E-state index contributed by atoms with van der Waals surface area (Å²) in [7, 11) is 0. The predicted octanol–water partition coefficient (Wildman–Crippen LogP) is 8.35. The van der Waals surface area contributed by atoms with E-state index in [9.17, 15) is 14.9 Å². The summed E-state index contributed by atoms with van der Waals surface area (Å²) in [5.74, 6) is 0. The summed E-state index contributed by atoms with van der Waals surface area (Å²) in [6.45, 7) is 0. The zero-order chi connectivity index (χ0) is 34.5. The maximum atomic E-state index is 14.7. The van der Waals surface area contributed by atoms with Gasteiger partial charge in [0.1, 0.15) is 0 Å². The summed E-state index contributed by atoms with van der Waals surface area (Å²) in [5.41, 5.74) is 10.9. The molecule has 0 amide bonds. The first-order valence-electron chi connectivity index (χ1n) is 16.8. The van der Waals surface area contributed by atoms with Gasteiger partial charge in [-0.25, -0.2) is 4.99 Å². The van der Waals surface area contributed by atoms with E-state index < -0.39 is 0 Å². The van der Waals surface area contributed by atoms with E-state index in [-0.39, 0.29) is 22.2 Å². The summed E-state index contributed by atoms with van der Waals surface area (Å²) in [6.07, 6.45) is 3.71. The molecular formula is C43H30N4O3S. The van der Waals surface area contributed by atoms with E-state index in [2.05, 4.69) is 47.0 Å². The lowest BCUT2D eigenvalue weighted by molar-refractivity contribution is -0.384. The minimum atomic E-state index is -0.389. The van der Waals surface area contributed by atoms with E-state index in [0.29, 0.717) is 9.33 Å². The minimum absolute atomic E-state index is 0.0213. The maximum absolute atomic E-state index is 14.7. The van der Waals surface area contributed by atoms with Gasteiger partial charge < -0.3 is 4.57 Å². The van der Waals surface area contributed by atoms with Gasteiger partial charge in [0.05, 0.1) is 32.6 Å². The standard InChI is InChI=1S/C43H30N4O3S/c48-42-38(51-43-44-39-35-19-11-10-12-28(35)20-25-36(39)41(46(42)43)31-17-8-3-9-18-31)27-32-26-37(29-13-4-1-5-14-29)45(40(32)30-15-6-2-7-16-30)33-21-23-34(24-22-33)47(49)50/h1-19,21-24,26-27,41H,20,25H2/b38-27+/t41-/m1/s1. The lowest BCUT2D eigenvalue weighted by Crippen LogP contribution is -2.38. The molecule has 0 fully saturated rings. The number of benzene rings is 5. The predicted molar refractivity (Wildman–Crippen MR) is 202 cm³/mol. The number of non-ortho nitro benzene ring substituents is 1. The van der Waals surface area contributed by atoms with Crippen molar-refractivity contribution in [3.05, 3.63) is 203 Å². The molecule has 0 saturated heterocycles. The molecule has 0 unspecified atom stereocenters. The fourth-order valence-electron chi connectivity index (χ4n) is 7.44. The van der Waals surface area contributed by atoms with Crippen LogP contribution < -0.4 is 14.9 Å². The van der Waals surface area contributed by atoms with Crippen molar-refractivity contribution in [2.24, 2.45) is 4.99 Å². The van der Waals surface area contributed by atoms with E-state index in [1.165, 1.54) is 34.6 Å². The number of hydrogen-bond donors (Lipinski definition) is 0. The molecule has 0 radical (unpaired) electrons. The van der Waals surface area contributed by atoms with Gasteiger partial charge in [0, 0.05) is 28.9 Å². The zero-order valence-corrected chi connectivity index (χ0v) is 28.2. The van der Waals surface area contributed by atoms with Crippen molar-refractivity contribution in [1.29, 1.82) is 0 Å². The van der Waals surface area contributed by atoms with Crippen LogP contribution in [-0.4, -0.2) is 14.1 Å². The van der Waals surface area contributed by atoms with Crippen LogP contribution >= 0.6 is 11.3 Å². The third kappa shape index (κ3) is 5.28. The van der Waals surface area contributed by atoms with Gasteiger partial charge in [0.25, 0.3) is 11.2 Å². The Hall–Kier alpha value is -6.38. The molecule has 2 aromatic heterocycles. The lowest BCUT2D eigenvalue weighted by atomic mass is 9.83. The van der Waals surface area contributed by atoms with Gasteiger partial charge in [0.2, 0.25) is 0 Å². The first-order valence-corrected chi connectivity index (χ1v) is 17.7. The van der Waals surface area contributed by atoms with Crippen molar-refractivity contribution in [2.75, 3.05) is 0 Å². The van der Waals surface area contributed by atoms with E-state index in [1.807, 2.05) is 89.5 Å². The average Bonchev–Trinajstić information content (AvgIpc) is 3.71. The van der Waals surface area contributed by atoms with Crippen LogP contribution in [0.1, 0.15) is 34.7 Å². The van der Waals surface area contributed by atoms with Crippen molar-refractivity contribution >= 4 is 28.8 Å². The highest BCUT2D eigenvalue weighted by Crippen LogP contribution is 2.41. The van der Waals surface area contributed by atoms with Crippen LogP contribution in [0.2, 0.25) is 0 Å². The third-order valence-corrected chi connectivity index (χ3v) is 10.7. The molecule has 0 bridgehead atoms. The normalized spacial score (nSPS) is 15.1. The molecule has 7 nitrogen and oxygen atoms in total. The van der Waals surface area contributed by atoms with Gasteiger partial charge in [-0.05, 0) is 64.9 Å². The van der Waals surface area contributed by atoms with Crippen LogP contribution in [-0.2, 0) is 6.42 Å². The van der Waals surface area contributed by atoms with Gasteiger partial charge in [0.15, 0.2) is 4.80 Å². The molecule has 1 atom stereocenters. The number of allylic oxidation sites excluding steroid dienone is 1. The maximum Gasteiger partial charge on any atom is 0.271 e. The molecular weight excluding hydrogens is 653 g/mol. The number of thiazole rings is 1. The van der Waals surface area contributed by atoms with Gasteiger partial charge in [-0.1, -0.05) is 127 Å². The highest BCUT2D eigenvalue weighted by atomic mass is 32.1. The number of aromatic nitrogens is 2. The SMILES string of the molecule is O=c1/c(=C\c2cc(-c3ccccc3)n(-c3ccc([N+](=O)[O-])cc3)c2-c2ccccc2)sc2n1[C@H](c1ccccc1)C1=C(N=2)c2ccccc2CC1. The minimum Gasteiger partial charge on any atom is -0.309 e. The Labute approximate surface area is 297 Å². The van der Waals surface area contributed by atoms with Crippen LogP contribution in [0.15, 0.2) is 161 Å². The molecule has 7 aromatic rings. The Bertz CT molecular complexity index is 2670. The Morgan fingerprint density at radius 1 is 0.765 bits per heavy atom. The number of nitro groups is 1. The van der Waals surface area contributed by atoms with Crippen molar-refractivity contribution < 1.29 is 4.92 Å². The summed E-state index contributed by atoms with van der Waals surface area (Å²) >= 11 is 1.41. The van der Waals surface area contributed by atoms with Crippen molar-refractivity contribution in [3.63, 3.8) is 0 Å². The Morgan fingerprint density at radius 2 is 1.41 bits per heavy atom. The fourth-order valence-corrected chi connectivity index (χ4v) is 8.44. The second-order valence-corrected chi connectivity index (χ2v) is 13.7. The summed E-state index contributed by atoms with van der Waals surface area (Å²) in [6, 6.07) is 47.3. The Kier molecular flexibility index (Phi) is 7.51. The summed E-state index contributed by atoms with van der Waals surface area (Å²) in [4.78, 5) is 31.7. The van der Waals surface area contributed by atoms with Crippen LogP contribution in [0.3, 0.4) is 0 Å². The number of rotatable bonds is 6. The lowest BCUT2D eigenvalue weighted by Gasteiger charge is -2.30. The van der Waals surface area contributed by atoms with Crippen molar-refractivity contribution in [1.82, 2.24) is 9.13 Å². The zero-order valence-electron chi connectivity index (χ0n) is 27.3. The van der Waals surface area contributed by atoms with Crippen LogP contribution in [0, 0.1) is 10.1 Å². The topological polar surface area (TPSA) is 82.4 Å². The van der Waals surface area contributed by atoms with E-state index in [0.717, 1.165) is 63.4 Å². The Balaban J connectivity index is 1.31. The van der Waals surface area contributed by atoms with Gasteiger partial charge >= 0.3 is 0 Å². The quantitative estimate of drug-likeness (QED) is 0.131. The summed E-state index contributed by atoms with van der Waals surface area (Å²) < 4.78 is 4.59. The van der Waals surface area contributed by atoms with Gasteiger partial charge in [-0.2, -0.15) is 0 Å². The van der Waals surface area contributed by atoms with Crippen LogP contribution in [0.25, 0.3) is 40.0 Å². The number of nitro benzene ring substituents is 1. The molecule has 246 valence electrons. The molecule has 3 heterocycles. The molecule has 5 aromatic carbocycles. The second kappa shape index (κ2) is 12.5. The third-order valence-electron chi connectivity index (χ3n) is 9.74. The number of aryl methyl sites for hydroxylation is 1. The first kappa shape index (κ1) is 30.7. The smallest absolute Gasteiger partial charge is 0.271 e. The monoisotopic (exact) mass is 682 g/mol. The highest BCUT2D eigenvalue weighted by Gasteiger charge is 2.32.